The van der Waals surface area contributed by atoms with Gasteiger partial charge < -0.3 is 0 Å². The molecule has 0 N–H and O–H groups in total. The number of sulfonamides is 1. The van der Waals surface area contributed by atoms with Crippen molar-refractivity contribution in [3.8, 4) is 0 Å². The quantitative estimate of drug-likeness (QED) is 0.629. The van der Waals surface area contributed by atoms with Crippen LogP contribution in [0.3, 0.4) is 0 Å². The van der Waals surface area contributed by atoms with Crippen molar-refractivity contribution in [1.82, 2.24) is 9.29 Å². The molecule has 0 spiro atoms. The number of halogens is 1. The van der Waals surface area contributed by atoms with Crippen LogP contribution in [0.2, 0.25) is 5.02 Å². The fraction of sp³-hybridized carbons (Fsp3) is 0.0556. The Balaban J connectivity index is 1.71. The average molecular weight is 402 g/mol. The number of fused-ring (bicyclic) bond motifs is 1. The lowest BCUT2D eigenvalue weighted by molar-refractivity contribution is -0.121. The first-order chi connectivity index (χ1) is 12.9. The summed E-state index contributed by atoms with van der Waals surface area (Å²) in [6, 6.07) is 13.3. The summed E-state index contributed by atoms with van der Waals surface area (Å²) in [5.74, 6) is -0.830. The number of benzene rings is 2. The molecule has 0 unspecified atom stereocenters. The van der Waals surface area contributed by atoms with Gasteiger partial charge in [0, 0.05) is 10.4 Å². The van der Waals surface area contributed by atoms with Crippen LogP contribution in [0, 0.1) is 0 Å². The SMILES string of the molecule is O=C1CN(c2cnc3ccccc3c2)C(=O)N1S(=O)(=O)c1ccc(Cl)cc1. The van der Waals surface area contributed by atoms with Gasteiger partial charge in [-0.05, 0) is 36.4 Å². The van der Waals surface area contributed by atoms with Crippen LogP contribution in [0.5, 0.6) is 0 Å². The summed E-state index contributed by atoms with van der Waals surface area (Å²) in [6.07, 6.45) is 1.44. The summed E-state index contributed by atoms with van der Waals surface area (Å²) in [6.45, 7) is -0.383. The number of pyridine rings is 1. The number of nitrogens with zero attached hydrogens (tertiary/aromatic N) is 3. The third-order valence-electron chi connectivity index (χ3n) is 4.16. The highest BCUT2D eigenvalue weighted by molar-refractivity contribution is 7.90. The highest BCUT2D eigenvalue weighted by Crippen LogP contribution is 2.28. The van der Waals surface area contributed by atoms with Gasteiger partial charge in [0.15, 0.2) is 0 Å². The van der Waals surface area contributed by atoms with Crippen molar-refractivity contribution < 1.29 is 18.0 Å². The van der Waals surface area contributed by atoms with Crippen molar-refractivity contribution in [2.45, 2.75) is 4.90 Å². The van der Waals surface area contributed by atoms with E-state index < -0.39 is 22.0 Å². The molecule has 1 aliphatic rings. The lowest BCUT2D eigenvalue weighted by atomic mass is 10.2. The van der Waals surface area contributed by atoms with E-state index in [1.54, 1.807) is 6.07 Å². The fourth-order valence-electron chi connectivity index (χ4n) is 2.84. The smallest absolute Gasteiger partial charge is 0.282 e. The van der Waals surface area contributed by atoms with Crippen LogP contribution in [0.4, 0.5) is 10.5 Å². The van der Waals surface area contributed by atoms with Gasteiger partial charge in [0.1, 0.15) is 6.54 Å². The summed E-state index contributed by atoms with van der Waals surface area (Å²) < 4.78 is 25.8. The van der Waals surface area contributed by atoms with Crippen LogP contribution in [0.1, 0.15) is 0 Å². The molecule has 0 atom stereocenters. The lowest BCUT2D eigenvalue weighted by Gasteiger charge is -2.17. The van der Waals surface area contributed by atoms with E-state index in [1.807, 2.05) is 24.3 Å². The van der Waals surface area contributed by atoms with Crippen molar-refractivity contribution in [3.05, 3.63) is 65.8 Å². The molecule has 27 heavy (non-hydrogen) atoms. The maximum absolute atomic E-state index is 12.8. The van der Waals surface area contributed by atoms with E-state index in [0.29, 0.717) is 10.7 Å². The molecule has 0 radical (unpaired) electrons. The normalized spacial score (nSPS) is 15.0. The summed E-state index contributed by atoms with van der Waals surface area (Å²) in [4.78, 5) is 30.3. The zero-order valence-electron chi connectivity index (χ0n) is 13.7. The van der Waals surface area contributed by atoms with Gasteiger partial charge in [-0.2, -0.15) is 0 Å². The maximum Gasteiger partial charge on any atom is 0.346 e. The lowest BCUT2D eigenvalue weighted by Crippen LogP contribution is -2.38. The number of amides is 3. The number of aromatic nitrogens is 1. The van der Waals surface area contributed by atoms with Crippen molar-refractivity contribution >= 4 is 50.2 Å². The largest absolute Gasteiger partial charge is 0.346 e. The van der Waals surface area contributed by atoms with Gasteiger partial charge in [-0.15, -0.1) is 4.31 Å². The zero-order chi connectivity index (χ0) is 19.2. The fourth-order valence-corrected chi connectivity index (χ4v) is 4.29. The third-order valence-corrected chi connectivity index (χ3v) is 6.12. The number of para-hydroxylation sites is 1. The minimum absolute atomic E-state index is 0.188. The number of carbonyl (C=O) groups is 2. The second-order valence-corrected chi connectivity index (χ2v) is 8.10. The Bertz CT molecular complexity index is 1180. The monoisotopic (exact) mass is 401 g/mol. The van der Waals surface area contributed by atoms with Crippen LogP contribution in [-0.4, -0.2) is 36.2 Å². The third kappa shape index (κ3) is 2.92. The predicted molar refractivity (Wildman–Crippen MR) is 100.0 cm³/mol. The summed E-state index contributed by atoms with van der Waals surface area (Å²) in [7, 11) is -4.32. The van der Waals surface area contributed by atoms with Crippen LogP contribution < -0.4 is 4.90 Å². The van der Waals surface area contributed by atoms with Crippen LogP contribution >= 0.6 is 11.6 Å². The Morgan fingerprint density at radius 1 is 1.00 bits per heavy atom. The minimum atomic E-state index is -4.32. The minimum Gasteiger partial charge on any atom is -0.282 e. The van der Waals surface area contributed by atoms with Gasteiger partial charge in [0.25, 0.3) is 15.9 Å². The molecule has 136 valence electrons. The molecule has 2 heterocycles. The molecule has 9 heteroatoms. The van der Waals surface area contributed by atoms with E-state index in [2.05, 4.69) is 4.98 Å². The molecule has 1 saturated heterocycles. The second kappa shape index (κ2) is 6.33. The Kier molecular flexibility index (Phi) is 4.09. The molecular weight excluding hydrogens is 390 g/mol. The first-order valence-electron chi connectivity index (χ1n) is 7.88. The molecule has 1 fully saturated rings. The molecule has 0 aliphatic carbocycles. The zero-order valence-corrected chi connectivity index (χ0v) is 15.3. The van der Waals surface area contributed by atoms with E-state index in [4.69, 9.17) is 11.6 Å². The van der Waals surface area contributed by atoms with Gasteiger partial charge in [0.05, 0.1) is 22.3 Å². The van der Waals surface area contributed by atoms with Crippen molar-refractivity contribution in [1.29, 1.82) is 0 Å². The average Bonchev–Trinajstić information content (AvgIpc) is 2.96. The highest BCUT2D eigenvalue weighted by Gasteiger charge is 2.45. The number of rotatable bonds is 3. The van der Waals surface area contributed by atoms with E-state index in [9.17, 15) is 18.0 Å². The molecule has 7 nitrogen and oxygen atoms in total. The maximum atomic E-state index is 12.8. The predicted octanol–water partition coefficient (Wildman–Crippen LogP) is 3.05. The van der Waals surface area contributed by atoms with Gasteiger partial charge >= 0.3 is 6.03 Å². The Labute approximate surface area is 159 Å². The van der Waals surface area contributed by atoms with E-state index in [1.165, 1.54) is 30.5 Å². The van der Waals surface area contributed by atoms with Gasteiger partial charge in [-0.3, -0.25) is 14.7 Å². The second-order valence-electron chi connectivity index (χ2n) is 5.87. The highest BCUT2D eigenvalue weighted by atomic mass is 35.5. The van der Waals surface area contributed by atoms with Gasteiger partial charge in [0.2, 0.25) is 0 Å². The number of hydrogen-bond acceptors (Lipinski definition) is 5. The Morgan fingerprint density at radius 3 is 2.44 bits per heavy atom. The summed E-state index contributed by atoms with van der Waals surface area (Å²) >= 11 is 5.77. The Hall–Kier alpha value is -2.97. The number of hydrogen-bond donors (Lipinski definition) is 0. The standard InChI is InChI=1S/C18H12ClN3O4S/c19-13-5-7-15(8-6-13)27(25,26)22-17(23)11-21(18(22)24)14-9-12-3-1-2-4-16(12)20-10-14/h1-10H,11H2. The van der Waals surface area contributed by atoms with Crippen LogP contribution in [-0.2, 0) is 14.8 Å². The van der Waals surface area contributed by atoms with Gasteiger partial charge in [-0.1, -0.05) is 29.8 Å². The number of urea groups is 1. The van der Waals surface area contributed by atoms with Crippen molar-refractivity contribution in [2.75, 3.05) is 11.4 Å². The van der Waals surface area contributed by atoms with Crippen molar-refractivity contribution in [3.63, 3.8) is 0 Å². The molecule has 3 amide bonds. The first kappa shape index (κ1) is 17.4. The number of imide groups is 1. The summed E-state index contributed by atoms with van der Waals surface area (Å²) in [5, 5.41) is 1.12. The number of anilines is 1. The molecule has 1 aliphatic heterocycles. The first-order valence-corrected chi connectivity index (χ1v) is 9.70. The Morgan fingerprint density at radius 2 is 1.70 bits per heavy atom. The van der Waals surface area contributed by atoms with Crippen LogP contribution in [0.25, 0.3) is 10.9 Å². The van der Waals surface area contributed by atoms with E-state index >= 15 is 0 Å². The van der Waals surface area contributed by atoms with E-state index in [0.717, 1.165) is 15.8 Å². The molecule has 1 aromatic heterocycles. The molecule has 3 aromatic rings. The molecule has 0 saturated carbocycles. The molecule has 2 aromatic carbocycles. The van der Waals surface area contributed by atoms with Crippen molar-refractivity contribution in [2.24, 2.45) is 0 Å². The topological polar surface area (TPSA) is 87.7 Å². The van der Waals surface area contributed by atoms with E-state index in [-0.39, 0.29) is 15.7 Å². The molecule has 4 rings (SSSR count). The molecule has 0 bridgehead atoms. The van der Waals surface area contributed by atoms with Gasteiger partial charge in [-0.25, -0.2) is 13.2 Å². The molecular formula is C18H12ClN3O4S. The number of carbonyl (C=O) groups excluding carboxylic acids is 2. The van der Waals surface area contributed by atoms with Crippen LogP contribution in [0.15, 0.2) is 65.7 Å². The summed E-state index contributed by atoms with van der Waals surface area (Å²) in [5.41, 5.74) is 1.07.